The van der Waals surface area contributed by atoms with Gasteiger partial charge < -0.3 is 19.1 Å². The van der Waals surface area contributed by atoms with Crippen LogP contribution in [0.4, 0.5) is 9.59 Å². The fraction of sp³-hybridized carbons (Fsp3) is 0.261. The van der Waals surface area contributed by atoms with Crippen molar-refractivity contribution < 1.29 is 28.6 Å². The first-order valence-electron chi connectivity index (χ1n) is 10.1. The van der Waals surface area contributed by atoms with Gasteiger partial charge in [-0.2, -0.15) is 0 Å². The molecule has 2 aromatic carbocycles. The summed E-state index contributed by atoms with van der Waals surface area (Å²) in [5, 5.41) is 1.85. The Morgan fingerprint density at radius 2 is 1.94 bits per heavy atom. The molecule has 0 radical (unpaired) electrons. The maximum atomic E-state index is 11.7. The number of imide groups is 1. The maximum Gasteiger partial charge on any atom is 0.410 e. The highest BCUT2D eigenvalue weighted by atomic mass is 32.2. The lowest BCUT2D eigenvalue weighted by atomic mass is 10.1. The summed E-state index contributed by atoms with van der Waals surface area (Å²) in [5.74, 6) is 1.25. The fourth-order valence-electron chi connectivity index (χ4n) is 3.57. The molecule has 4 rings (SSSR count). The molecule has 0 saturated carbocycles. The number of carbonyl (C=O) groups is 3. The van der Waals surface area contributed by atoms with Gasteiger partial charge >= 0.3 is 6.09 Å². The monoisotopic (exact) mass is 454 g/mol. The molecule has 8 nitrogen and oxygen atoms in total. The molecule has 2 heterocycles. The number of hydrogen-bond donors (Lipinski definition) is 1. The number of rotatable bonds is 7. The summed E-state index contributed by atoms with van der Waals surface area (Å²) >= 11 is 0.863. The third kappa shape index (κ3) is 4.72. The Morgan fingerprint density at radius 1 is 1.16 bits per heavy atom. The van der Waals surface area contributed by atoms with E-state index < -0.39 is 5.91 Å². The van der Waals surface area contributed by atoms with E-state index in [1.165, 1.54) is 7.11 Å². The lowest BCUT2D eigenvalue weighted by molar-refractivity contribution is -0.115. The number of thioether (sulfide) groups is 1. The number of amides is 3. The molecule has 2 aliphatic rings. The Bertz CT molecular complexity index is 1080. The van der Waals surface area contributed by atoms with Gasteiger partial charge in [0.25, 0.3) is 11.1 Å². The van der Waals surface area contributed by atoms with Crippen LogP contribution in [0.3, 0.4) is 0 Å². The number of hydrogen-bond acceptors (Lipinski definition) is 7. The van der Waals surface area contributed by atoms with Crippen molar-refractivity contribution in [3.63, 3.8) is 0 Å². The van der Waals surface area contributed by atoms with E-state index in [2.05, 4.69) is 5.32 Å². The summed E-state index contributed by atoms with van der Waals surface area (Å²) in [6.45, 7) is 2.96. The summed E-state index contributed by atoms with van der Waals surface area (Å²) in [4.78, 5) is 36.8. The first-order valence-corrected chi connectivity index (χ1v) is 10.9. The number of carbonyl (C=O) groups excluding carboxylic acids is 3. The largest absolute Gasteiger partial charge is 0.493 e. The molecular weight excluding hydrogens is 432 g/mol. The van der Waals surface area contributed by atoms with Gasteiger partial charge in [-0.05, 0) is 66.6 Å². The standard InChI is InChI=1S/C23H22N2O6S/c1-3-25-16(13-30-23(25)28)10-14-4-7-17(8-5-14)31-18-9-6-15(11-19(18)29-2)12-20-21(26)24-22(27)32-20/h4-9,11-12,16H,3,10,13H2,1-2H3,(H,24,26,27). The molecule has 1 N–H and O–H groups in total. The molecule has 0 aliphatic carbocycles. The summed E-state index contributed by atoms with van der Waals surface area (Å²) in [5.41, 5.74) is 1.79. The van der Waals surface area contributed by atoms with Crippen molar-refractivity contribution in [1.29, 1.82) is 0 Å². The highest BCUT2D eigenvalue weighted by Crippen LogP contribution is 2.34. The predicted octanol–water partition coefficient (Wildman–Crippen LogP) is 4.19. The van der Waals surface area contributed by atoms with Crippen LogP contribution in [0.2, 0.25) is 0 Å². The molecule has 1 atom stereocenters. The summed E-state index contributed by atoms with van der Waals surface area (Å²) in [7, 11) is 1.53. The number of ether oxygens (including phenoxy) is 3. The van der Waals surface area contributed by atoms with E-state index in [1.807, 2.05) is 31.2 Å². The van der Waals surface area contributed by atoms with E-state index in [-0.39, 0.29) is 17.4 Å². The van der Waals surface area contributed by atoms with Gasteiger partial charge in [-0.1, -0.05) is 18.2 Å². The molecule has 3 amide bonds. The molecule has 32 heavy (non-hydrogen) atoms. The minimum absolute atomic E-state index is 0.0384. The third-order valence-corrected chi connectivity index (χ3v) is 5.98. The van der Waals surface area contributed by atoms with Gasteiger partial charge in [-0.15, -0.1) is 0 Å². The second-order valence-electron chi connectivity index (χ2n) is 7.23. The van der Waals surface area contributed by atoms with Gasteiger partial charge in [0.15, 0.2) is 11.5 Å². The second-order valence-corrected chi connectivity index (χ2v) is 8.24. The molecular formula is C23H22N2O6S. The van der Waals surface area contributed by atoms with Crippen molar-refractivity contribution in [1.82, 2.24) is 10.2 Å². The Balaban J connectivity index is 1.44. The topological polar surface area (TPSA) is 94.2 Å². The van der Waals surface area contributed by atoms with E-state index in [4.69, 9.17) is 14.2 Å². The Labute approximate surface area is 189 Å². The molecule has 0 aromatic heterocycles. The van der Waals surface area contributed by atoms with Crippen LogP contribution in [0.25, 0.3) is 6.08 Å². The summed E-state index contributed by atoms with van der Waals surface area (Å²) < 4.78 is 16.5. The lowest BCUT2D eigenvalue weighted by Crippen LogP contribution is -2.34. The maximum absolute atomic E-state index is 11.7. The van der Waals surface area contributed by atoms with E-state index in [1.54, 1.807) is 29.2 Å². The van der Waals surface area contributed by atoms with Gasteiger partial charge in [0.1, 0.15) is 12.4 Å². The Kier molecular flexibility index (Phi) is 6.36. The first kappa shape index (κ1) is 21.8. The Hall–Kier alpha value is -3.46. The molecule has 166 valence electrons. The number of nitrogens with one attached hydrogen (secondary N) is 1. The number of likely N-dealkylation sites (N-methyl/N-ethyl adjacent to an activating group) is 1. The van der Waals surface area contributed by atoms with Crippen molar-refractivity contribution >= 4 is 35.1 Å². The second kappa shape index (κ2) is 9.35. The van der Waals surface area contributed by atoms with Gasteiger partial charge in [-0.3, -0.25) is 14.9 Å². The van der Waals surface area contributed by atoms with Crippen LogP contribution in [0.15, 0.2) is 47.4 Å². The summed E-state index contributed by atoms with van der Waals surface area (Å²) in [6, 6.07) is 13.0. The summed E-state index contributed by atoms with van der Waals surface area (Å²) in [6.07, 6.45) is 2.08. The number of methoxy groups -OCH3 is 1. The average molecular weight is 455 g/mol. The van der Waals surface area contributed by atoms with Gasteiger partial charge in [0.2, 0.25) is 0 Å². The molecule has 2 aliphatic heterocycles. The number of benzene rings is 2. The highest BCUT2D eigenvalue weighted by molar-refractivity contribution is 8.18. The van der Waals surface area contributed by atoms with Crippen molar-refractivity contribution in [2.24, 2.45) is 0 Å². The van der Waals surface area contributed by atoms with Crippen LogP contribution in [0.5, 0.6) is 17.2 Å². The van der Waals surface area contributed by atoms with Gasteiger partial charge in [0, 0.05) is 6.54 Å². The third-order valence-electron chi connectivity index (χ3n) is 5.17. The van der Waals surface area contributed by atoms with Gasteiger partial charge in [0.05, 0.1) is 18.1 Å². The van der Waals surface area contributed by atoms with E-state index in [0.29, 0.717) is 47.3 Å². The van der Waals surface area contributed by atoms with Crippen molar-refractivity contribution in [3.8, 4) is 17.2 Å². The zero-order chi connectivity index (χ0) is 22.7. The molecule has 2 aromatic rings. The first-order chi connectivity index (χ1) is 15.5. The minimum atomic E-state index is -0.407. The molecule has 9 heteroatoms. The number of cyclic esters (lactones) is 1. The normalized spacial score (nSPS) is 19.3. The smallest absolute Gasteiger partial charge is 0.410 e. The van der Waals surface area contributed by atoms with Crippen molar-refractivity contribution in [3.05, 3.63) is 58.5 Å². The van der Waals surface area contributed by atoms with E-state index in [0.717, 1.165) is 17.3 Å². The average Bonchev–Trinajstić information content (AvgIpc) is 3.30. The zero-order valence-corrected chi connectivity index (χ0v) is 18.4. The van der Waals surface area contributed by atoms with Crippen molar-refractivity contribution in [2.75, 3.05) is 20.3 Å². The molecule has 2 fully saturated rings. The van der Waals surface area contributed by atoms with Crippen LogP contribution in [-0.2, 0) is 16.0 Å². The fourth-order valence-corrected chi connectivity index (χ4v) is 4.25. The molecule has 2 saturated heterocycles. The predicted molar refractivity (Wildman–Crippen MR) is 120 cm³/mol. The van der Waals surface area contributed by atoms with Crippen LogP contribution in [0, 0.1) is 0 Å². The van der Waals surface area contributed by atoms with Crippen molar-refractivity contribution in [2.45, 2.75) is 19.4 Å². The number of nitrogens with zero attached hydrogens (tertiary/aromatic N) is 1. The molecule has 0 bridgehead atoms. The van der Waals surface area contributed by atoms with Gasteiger partial charge in [-0.25, -0.2) is 4.79 Å². The van der Waals surface area contributed by atoms with E-state index in [9.17, 15) is 14.4 Å². The quantitative estimate of drug-likeness (QED) is 0.627. The lowest BCUT2D eigenvalue weighted by Gasteiger charge is -2.19. The van der Waals surface area contributed by atoms with Crippen LogP contribution >= 0.6 is 11.8 Å². The minimum Gasteiger partial charge on any atom is -0.493 e. The zero-order valence-electron chi connectivity index (χ0n) is 17.6. The van der Waals surface area contributed by atoms with Crippen LogP contribution in [0.1, 0.15) is 18.1 Å². The Morgan fingerprint density at radius 3 is 2.59 bits per heavy atom. The molecule has 1 unspecified atom stereocenters. The van der Waals surface area contributed by atoms with E-state index >= 15 is 0 Å². The van der Waals surface area contributed by atoms with Crippen LogP contribution in [-0.4, -0.2) is 48.4 Å². The highest BCUT2D eigenvalue weighted by Gasteiger charge is 2.31. The SMILES string of the molecule is CCN1C(=O)OCC1Cc1ccc(Oc2ccc(C=C3SC(=O)NC3=O)cc2OC)cc1. The molecule has 0 spiro atoms. The van der Waals surface area contributed by atoms with Crippen LogP contribution < -0.4 is 14.8 Å².